The van der Waals surface area contributed by atoms with Crippen molar-refractivity contribution < 1.29 is 13.6 Å². The van der Waals surface area contributed by atoms with E-state index in [1.807, 2.05) is 82.3 Å². The quantitative estimate of drug-likeness (QED) is 0.515. The van der Waals surface area contributed by atoms with Crippen LogP contribution in [0.25, 0.3) is 0 Å². The van der Waals surface area contributed by atoms with Crippen molar-refractivity contribution in [3.8, 4) is 0 Å². The van der Waals surface area contributed by atoms with E-state index in [9.17, 15) is 9.12 Å². The third-order valence-corrected chi connectivity index (χ3v) is 6.52. The van der Waals surface area contributed by atoms with Crippen molar-refractivity contribution in [3.63, 3.8) is 0 Å². The van der Waals surface area contributed by atoms with E-state index < -0.39 is 19.4 Å². The molecule has 1 N–H and O–H groups in total. The van der Waals surface area contributed by atoms with E-state index in [1.165, 1.54) is 0 Å². The van der Waals surface area contributed by atoms with Crippen LogP contribution < -0.4 is 4.72 Å². The van der Waals surface area contributed by atoms with E-state index in [2.05, 4.69) is 4.72 Å². The van der Waals surface area contributed by atoms with Gasteiger partial charge in [0.05, 0.1) is 6.61 Å². The maximum Gasteiger partial charge on any atom is 0.191 e. The lowest BCUT2D eigenvalue weighted by Crippen LogP contribution is -2.41. The number of rotatable bonds is 8. The summed E-state index contributed by atoms with van der Waals surface area (Å²) in [5.74, 6) is 0. The van der Waals surface area contributed by atoms with Gasteiger partial charge in [-0.15, -0.1) is 4.72 Å². The Bertz CT molecular complexity index is 701. The van der Waals surface area contributed by atoms with Gasteiger partial charge < -0.3 is 9.08 Å². The lowest BCUT2D eigenvalue weighted by Gasteiger charge is -2.28. The van der Waals surface area contributed by atoms with Crippen LogP contribution in [0.1, 0.15) is 50.4 Å². The van der Waals surface area contributed by atoms with Crippen molar-refractivity contribution in [2.45, 2.75) is 45.1 Å². The molecule has 0 aliphatic carbocycles. The molecule has 4 nitrogen and oxygen atoms in total. The minimum absolute atomic E-state index is 0.166. The van der Waals surface area contributed by atoms with Crippen LogP contribution in [-0.2, 0) is 27.1 Å². The number of nitrogens with one attached hydrogen (secondary N) is 1. The van der Waals surface area contributed by atoms with Gasteiger partial charge in [0.1, 0.15) is 10.8 Å². The molecular formula is C20H28NO3PS. The average molecular weight is 393 g/mol. The zero-order chi connectivity index (χ0) is 19.2. The number of benzene rings is 2. The Morgan fingerprint density at radius 1 is 1.08 bits per heavy atom. The lowest BCUT2D eigenvalue weighted by molar-refractivity contribution is 0.319. The van der Waals surface area contributed by atoms with Crippen LogP contribution in [0.2, 0.25) is 0 Å². The summed E-state index contributed by atoms with van der Waals surface area (Å²) in [6, 6.07) is 17.8. The topological polar surface area (TPSA) is 61.4 Å². The highest BCUT2D eigenvalue weighted by atomic mass is 32.2. The minimum atomic E-state index is -1.93. The van der Waals surface area contributed by atoms with E-state index in [1.54, 1.807) is 0 Å². The Morgan fingerprint density at radius 3 is 2.19 bits per heavy atom. The summed E-state index contributed by atoms with van der Waals surface area (Å²) < 4.78 is 32.4. The van der Waals surface area contributed by atoms with Gasteiger partial charge in [-0.05, 0) is 37.5 Å². The van der Waals surface area contributed by atoms with E-state index in [0.29, 0.717) is 12.8 Å². The van der Waals surface area contributed by atoms with Crippen molar-refractivity contribution in [2.75, 3.05) is 6.16 Å². The molecule has 0 spiro atoms. The number of hydrogen-bond donors (Lipinski definition) is 1. The molecule has 142 valence electrons. The Kier molecular flexibility index (Phi) is 7.93. The van der Waals surface area contributed by atoms with Crippen LogP contribution in [0.15, 0.2) is 54.6 Å². The molecule has 2 rings (SSSR count). The molecular weight excluding hydrogens is 365 g/mol. The molecule has 0 amide bonds. The zero-order valence-corrected chi connectivity index (χ0v) is 17.6. The Morgan fingerprint density at radius 2 is 1.65 bits per heavy atom. The van der Waals surface area contributed by atoms with Crippen LogP contribution >= 0.6 is 8.03 Å². The van der Waals surface area contributed by atoms with Crippen LogP contribution in [0.3, 0.4) is 0 Å². The Balaban J connectivity index is 2.21. The molecule has 0 saturated carbocycles. The molecule has 3 atom stereocenters. The summed E-state index contributed by atoms with van der Waals surface area (Å²) in [5, 5.41) is 0. The van der Waals surface area contributed by atoms with Gasteiger partial charge in [0.2, 0.25) is 0 Å². The fraction of sp³-hybridized carbons (Fsp3) is 0.400. The highest BCUT2D eigenvalue weighted by molar-refractivity contribution is 7.90. The summed E-state index contributed by atoms with van der Waals surface area (Å²) in [6.07, 6.45) is 0.557. The van der Waals surface area contributed by atoms with Crippen LogP contribution in [0.4, 0.5) is 0 Å². The largest absolute Gasteiger partial charge is 0.598 e. The van der Waals surface area contributed by atoms with Gasteiger partial charge in [-0.3, -0.25) is 4.57 Å². The van der Waals surface area contributed by atoms with Gasteiger partial charge in [0, 0.05) is 17.5 Å². The van der Waals surface area contributed by atoms with Crippen molar-refractivity contribution >= 4 is 19.4 Å². The predicted octanol–water partition coefficient (Wildman–Crippen LogP) is 4.84. The summed E-state index contributed by atoms with van der Waals surface area (Å²) >= 11 is -1.20. The van der Waals surface area contributed by atoms with Gasteiger partial charge in [0.25, 0.3) is 0 Å². The van der Waals surface area contributed by atoms with E-state index >= 15 is 0 Å². The SMILES string of the molecule is CC[PH](=O)OCc1ccc([C@@H](N[S+]([O-])C(C)(C)C)c2ccccc2)cc1. The first-order chi connectivity index (χ1) is 12.3. The fourth-order valence-electron chi connectivity index (χ4n) is 2.33. The second kappa shape index (κ2) is 9.72. The molecule has 0 saturated heterocycles. The van der Waals surface area contributed by atoms with E-state index in [4.69, 9.17) is 4.52 Å². The van der Waals surface area contributed by atoms with E-state index in [0.717, 1.165) is 16.7 Å². The normalized spacial score (nSPS) is 15.4. The molecule has 2 aromatic rings. The smallest absolute Gasteiger partial charge is 0.191 e. The van der Waals surface area contributed by atoms with Crippen LogP contribution in [0, 0.1) is 0 Å². The molecule has 0 fully saturated rings. The van der Waals surface area contributed by atoms with Gasteiger partial charge in [-0.1, -0.05) is 61.5 Å². The van der Waals surface area contributed by atoms with Crippen molar-refractivity contribution in [1.82, 2.24) is 4.72 Å². The summed E-state index contributed by atoms with van der Waals surface area (Å²) in [4.78, 5) is 0. The standard InChI is InChI=1S/C20H28NO3PS/c1-5-25(22)24-15-16-11-13-18(14-12-16)19(17-9-7-6-8-10-17)21-26(23)20(2,3)4/h6-14,19,21,25H,5,15H2,1-4H3/t19-,26?/m0/s1. The predicted molar refractivity (Wildman–Crippen MR) is 110 cm³/mol. The Labute approximate surface area is 160 Å². The molecule has 0 aliphatic heterocycles. The average Bonchev–Trinajstić information content (AvgIpc) is 2.64. The van der Waals surface area contributed by atoms with Crippen molar-refractivity contribution in [2.24, 2.45) is 0 Å². The zero-order valence-electron chi connectivity index (χ0n) is 15.8. The van der Waals surface area contributed by atoms with Gasteiger partial charge >= 0.3 is 0 Å². The molecule has 2 unspecified atom stereocenters. The molecule has 2 aromatic carbocycles. The number of hydrogen-bond acceptors (Lipinski definition) is 4. The first kappa shape index (κ1) is 21.2. The molecule has 26 heavy (non-hydrogen) atoms. The summed E-state index contributed by atoms with van der Waals surface area (Å²) in [5.41, 5.74) is 3.06. The highest BCUT2D eigenvalue weighted by Crippen LogP contribution is 2.27. The maximum absolute atomic E-state index is 12.6. The molecule has 6 heteroatoms. The van der Waals surface area contributed by atoms with E-state index in [-0.39, 0.29) is 10.8 Å². The molecule has 0 radical (unpaired) electrons. The second-order valence-corrected chi connectivity index (χ2v) is 10.8. The minimum Gasteiger partial charge on any atom is -0.598 e. The third-order valence-electron chi connectivity index (χ3n) is 3.92. The molecule has 0 heterocycles. The summed E-state index contributed by atoms with van der Waals surface area (Å²) in [6.45, 7) is 8.07. The van der Waals surface area contributed by atoms with Crippen LogP contribution in [0.5, 0.6) is 0 Å². The fourth-order valence-corrected chi connectivity index (χ4v) is 3.70. The van der Waals surface area contributed by atoms with Crippen LogP contribution in [-0.4, -0.2) is 15.5 Å². The lowest BCUT2D eigenvalue weighted by atomic mass is 9.99. The molecule has 0 aliphatic rings. The molecule has 0 bridgehead atoms. The summed E-state index contributed by atoms with van der Waals surface area (Å²) in [7, 11) is -1.93. The third kappa shape index (κ3) is 6.26. The first-order valence-corrected chi connectivity index (χ1v) is 11.5. The molecule has 0 aromatic heterocycles. The first-order valence-electron chi connectivity index (χ1n) is 8.78. The van der Waals surface area contributed by atoms with Crippen molar-refractivity contribution in [1.29, 1.82) is 0 Å². The maximum atomic E-state index is 12.6. The van der Waals surface area contributed by atoms with Gasteiger partial charge in [-0.25, -0.2) is 0 Å². The monoisotopic (exact) mass is 393 g/mol. The van der Waals surface area contributed by atoms with Gasteiger partial charge in [-0.2, -0.15) is 0 Å². The highest BCUT2D eigenvalue weighted by Gasteiger charge is 2.30. The Hall–Kier alpha value is -1.10. The van der Waals surface area contributed by atoms with Crippen molar-refractivity contribution in [3.05, 3.63) is 71.3 Å². The second-order valence-electron chi connectivity index (χ2n) is 7.10. The van der Waals surface area contributed by atoms with Gasteiger partial charge in [0.15, 0.2) is 8.03 Å².